The van der Waals surface area contributed by atoms with Crippen LogP contribution in [0.5, 0.6) is 0 Å². The zero-order valence-electron chi connectivity index (χ0n) is 11.9. The molecule has 0 aromatic heterocycles. The van der Waals surface area contributed by atoms with Crippen LogP contribution in [0.2, 0.25) is 0 Å². The highest BCUT2D eigenvalue weighted by Crippen LogP contribution is 2.23. The van der Waals surface area contributed by atoms with Crippen molar-refractivity contribution in [2.45, 2.75) is 45.8 Å². The van der Waals surface area contributed by atoms with Crippen molar-refractivity contribution >= 4 is 12.0 Å². The van der Waals surface area contributed by atoms with E-state index in [2.05, 4.69) is 5.32 Å². The third-order valence-corrected chi connectivity index (χ3v) is 3.41. The van der Waals surface area contributed by atoms with Crippen molar-refractivity contribution in [1.82, 2.24) is 10.2 Å². The first kappa shape index (κ1) is 15.8. The first-order valence-electron chi connectivity index (χ1n) is 6.87. The quantitative estimate of drug-likeness (QED) is 0.732. The van der Waals surface area contributed by atoms with Crippen LogP contribution < -0.4 is 5.32 Å². The van der Waals surface area contributed by atoms with Gasteiger partial charge in [-0.05, 0) is 26.7 Å². The van der Waals surface area contributed by atoms with Crippen LogP contribution in [0.1, 0.15) is 33.6 Å². The van der Waals surface area contributed by atoms with Crippen molar-refractivity contribution in [3.8, 4) is 0 Å². The second-order valence-electron chi connectivity index (χ2n) is 4.97. The SMILES string of the molecule is CCOC1CC(NC(=O)N(CC)CC(C)C(=O)O)C1. The number of carboxylic acid groups (broad SMARTS) is 1. The highest BCUT2D eigenvalue weighted by atomic mass is 16.5. The normalized spacial score (nSPS) is 23.3. The van der Waals surface area contributed by atoms with Gasteiger partial charge in [-0.15, -0.1) is 0 Å². The molecule has 0 aromatic rings. The summed E-state index contributed by atoms with van der Waals surface area (Å²) in [5.41, 5.74) is 0. The van der Waals surface area contributed by atoms with Gasteiger partial charge in [0.2, 0.25) is 0 Å². The van der Waals surface area contributed by atoms with Crippen LogP contribution >= 0.6 is 0 Å². The van der Waals surface area contributed by atoms with Gasteiger partial charge < -0.3 is 20.1 Å². The molecule has 1 saturated carbocycles. The number of aliphatic carboxylic acids is 1. The summed E-state index contributed by atoms with van der Waals surface area (Å²) in [5, 5.41) is 11.8. The lowest BCUT2D eigenvalue weighted by atomic mass is 9.89. The van der Waals surface area contributed by atoms with Gasteiger partial charge in [0.05, 0.1) is 12.0 Å². The third kappa shape index (κ3) is 4.70. The van der Waals surface area contributed by atoms with Gasteiger partial charge >= 0.3 is 12.0 Å². The topological polar surface area (TPSA) is 78.9 Å². The number of nitrogens with one attached hydrogen (secondary N) is 1. The minimum Gasteiger partial charge on any atom is -0.481 e. The number of carbonyl (C=O) groups is 2. The van der Waals surface area contributed by atoms with Crippen LogP contribution in [0.25, 0.3) is 0 Å². The molecule has 1 aliphatic rings. The molecule has 1 unspecified atom stereocenters. The lowest BCUT2D eigenvalue weighted by Crippen LogP contribution is -2.52. The number of rotatable bonds is 7. The van der Waals surface area contributed by atoms with Crippen molar-refractivity contribution in [1.29, 1.82) is 0 Å². The zero-order chi connectivity index (χ0) is 14.4. The monoisotopic (exact) mass is 272 g/mol. The van der Waals surface area contributed by atoms with Crippen molar-refractivity contribution in [3.63, 3.8) is 0 Å². The molecule has 0 heterocycles. The molecule has 0 bridgehead atoms. The Morgan fingerprint density at radius 3 is 2.53 bits per heavy atom. The third-order valence-electron chi connectivity index (χ3n) is 3.41. The minimum atomic E-state index is -0.883. The summed E-state index contributed by atoms with van der Waals surface area (Å²) in [6.07, 6.45) is 1.93. The molecule has 2 amide bonds. The van der Waals surface area contributed by atoms with E-state index in [4.69, 9.17) is 9.84 Å². The molecule has 0 aliphatic heterocycles. The fourth-order valence-corrected chi connectivity index (χ4v) is 2.09. The van der Waals surface area contributed by atoms with Crippen molar-refractivity contribution < 1.29 is 19.4 Å². The summed E-state index contributed by atoms with van der Waals surface area (Å²) in [6, 6.07) is -0.0335. The molecular weight excluding hydrogens is 248 g/mol. The zero-order valence-corrected chi connectivity index (χ0v) is 11.9. The smallest absolute Gasteiger partial charge is 0.317 e. The Hall–Kier alpha value is -1.30. The van der Waals surface area contributed by atoms with Gasteiger partial charge in [-0.25, -0.2) is 4.79 Å². The predicted octanol–water partition coefficient (Wildman–Crippen LogP) is 1.31. The van der Waals surface area contributed by atoms with Crippen LogP contribution in [0.3, 0.4) is 0 Å². The van der Waals surface area contributed by atoms with Crippen molar-refractivity contribution in [3.05, 3.63) is 0 Å². The molecule has 1 atom stereocenters. The van der Waals surface area contributed by atoms with Gasteiger partial charge in [-0.3, -0.25) is 4.79 Å². The average molecular weight is 272 g/mol. The molecule has 19 heavy (non-hydrogen) atoms. The molecule has 6 nitrogen and oxygen atoms in total. The first-order chi connectivity index (χ1) is 8.97. The molecule has 0 saturated heterocycles. The van der Waals surface area contributed by atoms with Crippen LogP contribution in [-0.2, 0) is 9.53 Å². The predicted molar refractivity (Wildman–Crippen MR) is 71.0 cm³/mol. The number of ether oxygens (including phenoxy) is 1. The van der Waals surface area contributed by atoms with Crippen LogP contribution in [-0.4, -0.2) is 53.8 Å². The number of urea groups is 1. The Kier molecular flexibility index (Phi) is 6.08. The Morgan fingerprint density at radius 1 is 1.42 bits per heavy atom. The molecule has 110 valence electrons. The maximum Gasteiger partial charge on any atom is 0.317 e. The summed E-state index contributed by atoms with van der Waals surface area (Å²) < 4.78 is 5.43. The van der Waals surface area contributed by atoms with Crippen LogP contribution in [0, 0.1) is 5.92 Å². The summed E-state index contributed by atoms with van der Waals surface area (Å²) in [6.45, 7) is 6.84. The van der Waals surface area contributed by atoms with E-state index < -0.39 is 11.9 Å². The highest BCUT2D eigenvalue weighted by Gasteiger charge is 2.32. The largest absolute Gasteiger partial charge is 0.481 e. The van der Waals surface area contributed by atoms with E-state index in [0.29, 0.717) is 13.2 Å². The van der Waals surface area contributed by atoms with E-state index >= 15 is 0 Å². The fourth-order valence-electron chi connectivity index (χ4n) is 2.09. The number of carboxylic acids is 1. The molecule has 1 fully saturated rings. The summed E-state index contributed by atoms with van der Waals surface area (Å²) in [7, 11) is 0. The fraction of sp³-hybridized carbons (Fsp3) is 0.846. The van der Waals surface area contributed by atoms with E-state index in [9.17, 15) is 9.59 Å². The molecular formula is C13H24N2O4. The molecule has 0 aromatic carbocycles. The van der Waals surface area contributed by atoms with E-state index in [1.54, 1.807) is 6.92 Å². The Bertz CT molecular complexity index is 316. The second kappa shape index (κ2) is 7.33. The van der Waals surface area contributed by atoms with Gasteiger partial charge in [0.15, 0.2) is 0 Å². The van der Waals surface area contributed by atoms with E-state index in [1.807, 2.05) is 13.8 Å². The Labute approximate surface area is 114 Å². The summed E-state index contributed by atoms with van der Waals surface area (Å²) >= 11 is 0. The maximum atomic E-state index is 12.0. The molecule has 1 aliphatic carbocycles. The van der Waals surface area contributed by atoms with Crippen LogP contribution in [0.15, 0.2) is 0 Å². The number of nitrogens with zero attached hydrogens (tertiary/aromatic N) is 1. The average Bonchev–Trinajstić information content (AvgIpc) is 2.32. The van der Waals surface area contributed by atoms with Gasteiger partial charge in [-0.2, -0.15) is 0 Å². The van der Waals surface area contributed by atoms with Gasteiger partial charge in [0.25, 0.3) is 0 Å². The Morgan fingerprint density at radius 2 is 2.05 bits per heavy atom. The molecule has 1 rings (SSSR count). The van der Waals surface area contributed by atoms with Crippen molar-refractivity contribution in [2.24, 2.45) is 5.92 Å². The molecule has 0 spiro atoms. The standard InChI is InChI=1S/C13H24N2O4/c1-4-15(8-9(3)12(16)17)13(18)14-10-6-11(7-10)19-5-2/h9-11H,4-8H2,1-3H3,(H,14,18)(H,16,17). The number of carbonyl (C=O) groups excluding carboxylic acids is 1. The van der Waals surface area contributed by atoms with E-state index in [-0.39, 0.29) is 24.7 Å². The Balaban J connectivity index is 2.33. The number of amides is 2. The van der Waals surface area contributed by atoms with E-state index in [0.717, 1.165) is 12.8 Å². The van der Waals surface area contributed by atoms with Crippen LogP contribution in [0.4, 0.5) is 4.79 Å². The summed E-state index contributed by atoms with van der Waals surface area (Å²) in [4.78, 5) is 24.3. The minimum absolute atomic E-state index is 0.151. The maximum absolute atomic E-state index is 12.0. The molecule has 6 heteroatoms. The lowest BCUT2D eigenvalue weighted by molar-refractivity contribution is -0.141. The highest BCUT2D eigenvalue weighted by molar-refractivity contribution is 5.76. The second-order valence-corrected chi connectivity index (χ2v) is 4.97. The molecule has 0 radical (unpaired) electrons. The van der Waals surface area contributed by atoms with Gasteiger partial charge in [0.1, 0.15) is 0 Å². The first-order valence-corrected chi connectivity index (χ1v) is 6.87. The molecule has 2 N–H and O–H groups in total. The number of hydrogen-bond acceptors (Lipinski definition) is 3. The lowest BCUT2D eigenvalue weighted by Gasteiger charge is -2.36. The van der Waals surface area contributed by atoms with Gasteiger partial charge in [0, 0.05) is 25.7 Å². The van der Waals surface area contributed by atoms with Crippen molar-refractivity contribution in [2.75, 3.05) is 19.7 Å². The van der Waals surface area contributed by atoms with Gasteiger partial charge in [-0.1, -0.05) is 6.92 Å². The number of hydrogen-bond donors (Lipinski definition) is 2. The summed E-state index contributed by atoms with van der Waals surface area (Å²) in [5.74, 6) is -1.44. The van der Waals surface area contributed by atoms with E-state index in [1.165, 1.54) is 4.90 Å².